The van der Waals surface area contributed by atoms with Crippen molar-refractivity contribution in [2.45, 2.75) is 238 Å². The van der Waals surface area contributed by atoms with Crippen LogP contribution in [0.4, 0.5) is 0 Å². The van der Waals surface area contributed by atoms with Crippen molar-refractivity contribution in [3.63, 3.8) is 0 Å². The molecule has 0 radical (unpaired) electrons. The van der Waals surface area contributed by atoms with E-state index in [0.717, 1.165) is 43.9 Å². The van der Waals surface area contributed by atoms with E-state index < -0.39 is 0 Å². The van der Waals surface area contributed by atoms with Crippen molar-refractivity contribution in [3.05, 3.63) is 0 Å². The Kier molecular flexibility index (Phi) is 27.4. The minimum Gasteiger partial charge on any atom is -0.465 e. The van der Waals surface area contributed by atoms with Crippen molar-refractivity contribution in [2.75, 3.05) is 13.2 Å². The predicted octanol–water partition coefficient (Wildman–Crippen LogP) is 13.1. The number of fused-ring (bicyclic) bond motifs is 1. The Hall–Kier alpha value is -0.610. The number of unbranched alkanes of at least 4 members (excludes halogenated alkanes) is 22. The average Bonchev–Trinajstić information content (AvgIpc) is 3.87. The van der Waals surface area contributed by atoms with E-state index in [2.05, 4.69) is 13.8 Å². The quantitative estimate of drug-likeness (QED) is 0.0417. The summed E-state index contributed by atoms with van der Waals surface area (Å²) in [6.45, 7) is 5.59. The van der Waals surface area contributed by atoms with E-state index in [1.54, 1.807) is 0 Å². The third-order valence-electron chi connectivity index (χ3n) is 11.6. The topological polar surface area (TPSA) is 59.1 Å². The molecule has 1 N–H and O–H groups in total. The Balaban J connectivity index is 1.70. The van der Waals surface area contributed by atoms with Crippen molar-refractivity contribution in [1.29, 1.82) is 0 Å². The van der Waals surface area contributed by atoms with Crippen LogP contribution in [0, 0.1) is 17.8 Å². The first-order chi connectivity index (χ1) is 23.2. The Bertz CT molecular complexity index is 677. The van der Waals surface area contributed by atoms with Crippen LogP contribution in [0.5, 0.6) is 0 Å². The van der Waals surface area contributed by atoms with Crippen LogP contribution in [0.25, 0.3) is 0 Å². The predicted molar refractivity (Wildman–Crippen MR) is 201 cm³/mol. The molecule has 0 bridgehead atoms. The number of aliphatic hydroxyl groups excluding tert-OH is 1. The summed E-state index contributed by atoms with van der Waals surface area (Å²) in [4.78, 5) is 12.4. The summed E-state index contributed by atoms with van der Waals surface area (Å²) in [6, 6.07) is 0. The highest BCUT2D eigenvalue weighted by molar-refractivity contribution is 5.72. The number of esters is 1. The summed E-state index contributed by atoms with van der Waals surface area (Å²) in [5.41, 5.74) is 0. The number of hydrogen-bond acceptors (Lipinski definition) is 4. The Morgan fingerprint density at radius 2 is 0.957 bits per heavy atom. The summed E-state index contributed by atoms with van der Waals surface area (Å²) < 4.78 is 11.2. The molecular formula is C43H82O4. The van der Waals surface area contributed by atoms with Crippen molar-refractivity contribution < 1.29 is 19.4 Å². The SMILES string of the molecule is CCCCCCCCCC(CCCCCCCCO)C(CCCCCCCCC)CCCCCCCCOC(=O)C1CCC2OC2C1. The Morgan fingerprint density at radius 1 is 0.553 bits per heavy atom. The van der Waals surface area contributed by atoms with E-state index >= 15 is 0 Å². The van der Waals surface area contributed by atoms with Gasteiger partial charge in [-0.3, -0.25) is 4.79 Å². The minimum absolute atomic E-state index is 0.0266. The molecule has 2 aliphatic rings. The first-order valence-corrected chi connectivity index (χ1v) is 21.6. The van der Waals surface area contributed by atoms with E-state index in [1.165, 1.54) is 180 Å². The molecule has 0 aromatic rings. The third kappa shape index (κ3) is 22.7. The van der Waals surface area contributed by atoms with Crippen LogP contribution in [0.2, 0.25) is 0 Å². The average molecular weight is 663 g/mol. The van der Waals surface area contributed by atoms with Gasteiger partial charge in [0.25, 0.3) is 0 Å². The normalized spacial score (nSPS) is 20.2. The van der Waals surface area contributed by atoms with Crippen molar-refractivity contribution in [1.82, 2.24) is 0 Å². The van der Waals surface area contributed by atoms with Gasteiger partial charge in [-0.05, 0) is 43.9 Å². The number of carbonyl (C=O) groups is 1. The van der Waals surface area contributed by atoms with E-state index in [0.29, 0.717) is 25.4 Å². The highest BCUT2D eigenvalue weighted by Gasteiger charge is 2.46. The molecule has 278 valence electrons. The fraction of sp³-hybridized carbons (Fsp3) is 0.977. The molecule has 1 aliphatic carbocycles. The van der Waals surface area contributed by atoms with Gasteiger partial charge in [-0.15, -0.1) is 0 Å². The van der Waals surface area contributed by atoms with Gasteiger partial charge in [0.2, 0.25) is 0 Å². The first kappa shape index (κ1) is 42.6. The largest absolute Gasteiger partial charge is 0.465 e. The maximum absolute atomic E-state index is 12.4. The van der Waals surface area contributed by atoms with Crippen molar-refractivity contribution in [2.24, 2.45) is 17.8 Å². The van der Waals surface area contributed by atoms with E-state index in [9.17, 15) is 4.79 Å². The third-order valence-corrected chi connectivity index (χ3v) is 11.6. The molecule has 0 amide bonds. The van der Waals surface area contributed by atoms with E-state index in [4.69, 9.17) is 14.6 Å². The number of aliphatic hydroxyl groups is 1. The van der Waals surface area contributed by atoms with E-state index in [-0.39, 0.29) is 11.9 Å². The molecule has 2 rings (SSSR count). The summed E-state index contributed by atoms with van der Waals surface area (Å²) in [6.07, 6.45) is 44.6. The highest BCUT2D eigenvalue weighted by Crippen LogP contribution is 2.40. The maximum Gasteiger partial charge on any atom is 0.309 e. The molecule has 2 fully saturated rings. The molecule has 1 saturated heterocycles. The smallest absolute Gasteiger partial charge is 0.309 e. The lowest BCUT2D eigenvalue weighted by atomic mass is 9.78. The van der Waals surface area contributed by atoms with Gasteiger partial charge in [0.1, 0.15) is 0 Å². The fourth-order valence-corrected chi connectivity index (χ4v) is 8.31. The van der Waals surface area contributed by atoms with Gasteiger partial charge in [-0.2, -0.15) is 0 Å². The number of rotatable bonds is 35. The first-order valence-electron chi connectivity index (χ1n) is 21.6. The molecule has 0 spiro atoms. The van der Waals surface area contributed by atoms with Crippen LogP contribution in [0.1, 0.15) is 226 Å². The lowest BCUT2D eigenvalue weighted by Gasteiger charge is -2.28. The lowest BCUT2D eigenvalue weighted by molar-refractivity contribution is -0.149. The summed E-state index contributed by atoms with van der Waals surface area (Å²) in [5.74, 6) is 1.97. The summed E-state index contributed by atoms with van der Waals surface area (Å²) in [5, 5.41) is 9.11. The molecule has 4 heteroatoms. The van der Waals surface area contributed by atoms with Gasteiger partial charge in [-0.1, -0.05) is 194 Å². The van der Waals surface area contributed by atoms with Crippen LogP contribution < -0.4 is 0 Å². The molecule has 0 aromatic carbocycles. The zero-order valence-corrected chi connectivity index (χ0v) is 31.8. The van der Waals surface area contributed by atoms with Gasteiger partial charge in [0.15, 0.2) is 0 Å². The fourth-order valence-electron chi connectivity index (χ4n) is 8.31. The van der Waals surface area contributed by atoms with Crippen LogP contribution >= 0.6 is 0 Å². The van der Waals surface area contributed by atoms with Crippen LogP contribution in [0.15, 0.2) is 0 Å². The molecule has 0 aromatic heterocycles. The maximum atomic E-state index is 12.4. The van der Waals surface area contributed by atoms with Gasteiger partial charge in [-0.25, -0.2) is 0 Å². The lowest BCUT2D eigenvalue weighted by Crippen LogP contribution is -2.24. The second-order valence-corrected chi connectivity index (χ2v) is 15.8. The molecule has 4 nitrogen and oxygen atoms in total. The molecule has 1 aliphatic heterocycles. The Morgan fingerprint density at radius 3 is 1.38 bits per heavy atom. The van der Waals surface area contributed by atoms with Gasteiger partial charge < -0.3 is 14.6 Å². The van der Waals surface area contributed by atoms with Crippen molar-refractivity contribution in [3.8, 4) is 0 Å². The standard InChI is InChI=1S/C43H82O4/c1-3-5-7-9-11-17-23-29-38(31-25-19-13-15-21-27-35-44)39(30-24-18-12-10-8-6-4-2)32-26-20-14-16-22-28-36-46-43(45)40-33-34-41-42(37-40)47-41/h38-42,44H,3-37H2,1-2H3. The summed E-state index contributed by atoms with van der Waals surface area (Å²) in [7, 11) is 0. The van der Waals surface area contributed by atoms with Crippen molar-refractivity contribution >= 4 is 5.97 Å². The molecule has 5 atom stereocenters. The molecule has 1 heterocycles. The number of epoxide rings is 1. The number of carbonyl (C=O) groups excluding carboxylic acids is 1. The van der Waals surface area contributed by atoms with Crippen LogP contribution in [0.3, 0.4) is 0 Å². The molecule has 47 heavy (non-hydrogen) atoms. The number of ether oxygens (including phenoxy) is 2. The van der Waals surface area contributed by atoms with Gasteiger partial charge >= 0.3 is 5.97 Å². The Labute approximate surface area is 293 Å². The molecule has 5 unspecified atom stereocenters. The zero-order chi connectivity index (χ0) is 33.6. The second-order valence-electron chi connectivity index (χ2n) is 15.8. The summed E-state index contributed by atoms with van der Waals surface area (Å²) >= 11 is 0. The van der Waals surface area contributed by atoms with Crippen LogP contribution in [-0.4, -0.2) is 36.5 Å². The monoisotopic (exact) mass is 663 g/mol. The molecule has 1 saturated carbocycles. The highest BCUT2D eigenvalue weighted by atomic mass is 16.6. The van der Waals surface area contributed by atoms with Crippen LogP contribution in [-0.2, 0) is 14.3 Å². The van der Waals surface area contributed by atoms with E-state index in [1.807, 2.05) is 0 Å². The van der Waals surface area contributed by atoms with Gasteiger partial charge in [0.05, 0.1) is 24.7 Å². The molecular weight excluding hydrogens is 580 g/mol. The minimum atomic E-state index is 0.0266. The number of hydrogen-bond donors (Lipinski definition) is 1. The zero-order valence-electron chi connectivity index (χ0n) is 31.8. The van der Waals surface area contributed by atoms with Gasteiger partial charge in [0, 0.05) is 6.61 Å². The second kappa shape index (κ2) is 30.2.